The van der Waals surface area contributed by atoms with Gasteiger partial charge in [0.1, 0.15) is 5.54 Å². The molecule has 0 radical (unpaired) electrons. The summed E-state index contributed by atoms with van der Waals surface area (Å²) in [6, 6.07) is -0.499. The van der Waals surface area contributed by atoms with Gasteiger partial charge in [0.05, 0.1) is 0 Å². The second-order valence-electron chi connectivity index (χ2n) is 4.86. The van der Waals surface area contributed by atoms with Crippen LogP contribution in [0.2, 0.25) is 0 Å². The summed E-state index contributed by atoms with van der Waals surface area (Å²) >= 11 is 0. The average Bonchev–Trinajstić information content (AvgIpc) is 2.22. The quantitative estimate of drug-likeness (QED) is 0.516. The van der Waals surface area contributed by atoms with Gasteiger partial charge in [0.2, 0.25) is 5.91 Å². The van der Waals surface area contributed by atoms with Gasteiger partial charge in [0, 0.05) is 13.0 Å². The highest BCUT2D eigenvalue weighted by molar-refractivity contribution is 5.89. The third-order valence-electron chi connectivity index (χ3n) is 2.50. The summed E-state index contributed by atoms with van der Waals surface area (Å²) in [6.45, 7) is 5.18. The molecule has 0 saturated heterocycles. The summed E-state index contributed by atoms with van der Waals surface area (Å²) in [5.74, 6) is -1.44. The summed E-state index contributed by atoms with van der Waals surface area (Å²) in [6.07, 6.45) is 0.548. The molecule has 0 bridgehead atoms. The minimum absolute atomic E-state index is 0.0449. The van der Waals surface area contributed by atoms with Crippen LogP contribution in [0.5, 0.6) is 0 Å². The molecule has 3 amide bonds. The largest absolute Gasteiger partial charge is 0.481 e. The molecule has 5 N–H and O–H groups in total. The summed E-state index contributed by atoms with van der Waals surface area (Å²) in [5, 5.41) is 13.5. The summed E-state index contributed by atoms with van der Waals surface area (Å²) < 4.78 is 0. The van der Waals surface area contributed by atoms with E-state index in [1.165, 1.54) is 13.8 Å². The molecule has 0 aliphatic carbocycles. The first-order valence-electron chi connectivity index (χ1n) is 5.73. The summed E-state index contributed by atoms with van der Waals surface area (Å²) in [4.78, 5) is 32.8. The molecule has 18 heavy (non-hydrogen) atoms. The van der Waals surface area contributed by atoms with E-state index in [1.807, 2.05) is 6.92 Å². The second-order valence-corrected chi connectivity index (χ2v) is 4.86. The van der Waals surface area contributed by atoms with Crippen molar-refractivity contribution in [1.29, 1.82) is 0 Å². The highest BCUT2D eigenvalue weighted by Gasteiger charge is 2.26. The third kappa shape index (κ3) is 6.72. The third-order valence-corrected chi connectivity index (χ3v) is 2.50. The smallest absolute Gasteiger partial charge is 0.315 e. The van der Waals surface area contributed by atoms with Crippen LogP contribution in [-0.2, 0) is 9.59 Å². The van der Waals surface area contributed by atoms with E-state index >= 15 is 0 Å². The normalized spacial score (nSPS) is 12.6. The number of aliphatic carboxylic acids is 1. The first kappa shape index (κ1) is 16.2. The molecule has 0 spiro atoms. The fourth-order valence-electron chi connectivity index (χ4n) is 1.13. The van der Waals surface area contributed by atoms with Gasteiger partial charge in [-0.25, -0.2) is 4.79 Å². The van der Waals surface area contributed by atoms with Crippen molar-refractivity contribution in [1.82, 2.24) is 10.6 Å². The minimum atomic E-state index is -1.12. The molecule has 1 atom stereocenters. The number of urea groups is 1. The Morgan fingerprint density at radius 2 is 1.89 bits per heavy atom. The van der Waals surface area contributed by atoms with E-state index in [2.05, 4.69) is 10.6 Å². The van der Waals surface area contributed by atoms with Crippen LogP contribution in [0.25, 0.3) is 0 Å². The van der Waals surface area contributed by atoms with Gasteiger partial charge < -0.3 is 21.5 Å². The number of amides is 3. The number of primary amides is 1. The lowest BCUT2D eigenvalue weighted by atomic mass is 10.1. The van der Waals surface area contributed by atoms with Crippen LogP contribution >= 0.6 is 0 Å². The van der Waals surface area contributed by atoms with E-state index in [-0.39, 0.29) is 12.3 Å². The molecular formula is C11H21N3O4. The maximum atomic E-state index is 11.5. The Bertz CT molecular complexity index is 328. The molecule has 0 aromatic heterocycles. The van der Waals surface area contributed by atoms with E-state index in [0.717, 1.165) is 0 Å². The van der Waals surface area contributed by atoms with Gasteiger partial charge in [-0.2, -0.15) is 0 Å². The fourth-order valence-corrected chi connectivity index (χ4v) is 1.13. The van der Waals surface area contributed by atoms with Crippen molar-refractivity contribution in [2.24, 2.45) is 11.7 Å². The van der Waals surface area contributed by atoms with Crippen LogP contribution in [0.4, 0.5) is 4.79 Å². The Labute approximate surface area is 106 Å². The fraction of sp³-hybridized carbons (Fsp3) is 0.727. The SMILES string of the molecule is CC(CCC(=O)O)CNC(=O)NC(C)(C)C(N)=O. The van der Waals surface area contributed by atoms with Gasteiger partial charge in [0.25, 0.3) is 0 Å². The van der Waals surface area contributed by atoms with Gasteiger partial charge in [-0.15, -0.1) is 0 Å². The zero-order chi connectivity index (χ0) is 14.3. The van der Waals surface area contributed by atoms with E-state index in [0.29, 0.717) is 13.0 Å². The van der Waals surface area contributed by atoms with Crippen molar-refractivity contribution in [3.8, 4) is 0 Å². The number of nitrogens with two attached hydrogens (primary N) is 1. The lowest BCUT2D eigenvalue weighted by molar-refractivity contribution is -0.137. The number of rotatable bonds is 7. The lowest BCUT2D eigenvalue weighted by Crippen LogP contribution is -2.56. The van der Waals surface area contributed by atoms with Crippen molar-refractivity contribution in [3.63, 3.8) is 0 Å². The minimum Gasteiger partial charge on any atom is -0.481 e. The molecule has 0 aromatic rings. The summed E-state index contributed by atoms with van der Waals surface area (Å²) in [7, 11) is 0. The van der Waals surface area contributed by atoms with Crippen molar-refractivity contribution < 1.29 is 19.5 Å². The molecule has 0 saturated carbocycles. The Morgan fingerprint density at radius 3 is 2.33 bits per heavy atom. The molecule has 0 aromatic carbocycles. The van der Waals surface area contributed by atoms with Gasteiger partial charge >= 0.3 is 12.0 Å². The zero-order valence-corrected chi connectivity index (χ0v) is 10.9. The highest BCUT2D eigenvalue weighted by atomic mass is 16.4. The molecule has 0 rings (SSSR count). The number of carboxylic acids is 1. The topological polar surface area (TPSA) is 122 Å². The van der Waals surface area contributed by atoms with E-state index in [1.54, 1.807) is 0 Å². The number of carboxylic acid groups (broad SMARTS) is 1. The molecule has 7 heteroatoms. The molecule has 0 fully saturated rings. The number of nitrogens with one attached hydrogen (secondary N) is 2. The average molecular weight is 259 g/mol. The van der Waals surface area contributed by atoms with Crippen LogP contribution in [-0.4, -0.2) is 35.1 Å². The first-order chi connectivity index (χ1) is 8.15. The van der Waals surface area contributed by atoms with Gasteiger partial charge in [0.15, 0.2) is 0 Å². The molecule has 104 valence electrons. The Morgan fingerprint density at radius 1 is 1.33 bits per heavy atom. The van der Waals surface area contributed by atoms with Crippen LogP contribution in [0, 0.1) is 5.92 Å². The molecule has 7 nitrogen and oxygen atoms in total. The van der Waals surface area contributed by atoms with E-state index in [4.69, 9.17) is 10.8 Å². The Kier molecular flexibility index (Phi) is 6.15. The molecule has 0 aliphatic heterocycles. The number of carbonyl (C=O) groups excluding carboxylic acids is 2. The van der Waals surface area contributed by atoms with Crippen LogP contribution < -0.4 is 16.4 Å². The van der Waals surface area contributed by atoms with E-state index < -0.39 is 23.4 Å². The van der Waals surface area contributed by atoms with Gasteiger partial charge in [-0.3, -0.25) is 9.59 Å². The number of hydrogen-bond acceptors (Lipinski definition) is 3. The van der Waals surface area contributed by atoms with Crippen LogP contribution in [0.3, 0.4) is 0 Å². The van der Waals surface area contributed by atoms with Gasteiger partial charge in [-0.05, 0) is 26.2 Å². The monoisotopic (exact) mass is 259 g/mol. The predicted molar refractivity (Wildman–Crippen MR) is 65.8 cm³/mol. The summed E-state index contributed by atoms with van der Waals surface area (Å²) in [5.41, 5.74) is 3.99. The maximum Gasteiger partial charge on any atom is 0.315 e. The van der Waals surface area contributed by atoms with Crippen LogP contribution in [0.1, 0.15) is 33.6 Å². The standard InChI is InChI=1S/C11H21N3O4/c1-7(4-5-8(15)16)6-13-10(18)14-11(2,3)9(12)17/h7H,4-6H2,1-3H3,(H2,12,17)(H,15,16)(H2,13,14,18). The zero-order valence-electron chi connectivity index (χ0n) is 10.9. The lowest BCUT2D eigenvalue weighted by Gasteiger charge is -2.23. The van der Waals surface area contributed by atoms with Crippen molar-refractivity contribution in [3.05, 3.63) is 0 Å². The number of hydrogen-bond donors (Lipinski definition) is 4. The van der Waals surface area contributed by atoms with Crippen molar-refractivity contribution >= 4 is 17.9 Å². The number of carbonyl (C=O) groups is 3. The Hall–Kier alpha value is -1.79. The first-order valence-corrected chi connectivity index (χ1v) is 5.73. The van der Waals surface area contributed by atoms with E-state index in [9.17, 15) is 14.4 Å². The second kappa shape index (κ2) is 6.83. The molecular weight excluding hydrogens is 238 g/mol. The maximum absolute atomic E-state index is 11.5. The van der Waals surface area contributed by atoms with Crippen molar-refractivity contribution in [2.75, 3.05) is 6.54 Å². The van der Waals surface area contributed by atoms with Crippen molar-refractivity contribution in [2.45, 2.75) is 39.2 Å². The van der Waals surface area contributed by atoms with Gasteiger partial charge in [-0.1, -0.05) is 6.92 Å². The van der Waals surface area contributed by atoms with Crippen LogP contribution in [0.15, 0.2) is 0 Å². The predicted octanol–water partition coefficient (Wildman–Crippen LogP) is 0.0504. The highest BCUT2D eigenvalue weighted by Crippen LogP contribution is 2.04. The Balaban J connectivity index is 3.97. The molecule has 1 unspecified atom stereocenters. The molecule has 0 heterocycles. The molecule has 0 aliphatic rings.